The third kappa shape index (κ3) is 3.55. The van der Waals surface area contributed by atoms with E-state index in [2.05, 4.69) is 15.9 Å². The van der Waals surface area contributed by atoms with E-state index >= 15 is 0 Å². The minimum Gasteiger partial charge on any atom is -0.224 e. The molecule has 2 aromatic carbocycles. The molecule has 6 heteroatoms. The largest absolute Gasteiger partial charge is 0.224 e. The second-order valence-corrected chi connectivity index (χ2v) is 8.15. The van der Waals surface area contributed by atoms with Gasteiger partial charge in [-0.15, -0.1) is 0 Å². The summed E-state index contributed by atoms with van der Waals surface area (Å²) in [6, 6.07) is 12.0. The van der Waals surface area contributed by atoms with Gasteiger partial charge in [-0.05, 0) is 35.4 Å². The van der Waals surface area contributed by atoms with Crippen molar-refractivity contribution < 1.29 is 8.42 Å². The summed E-state index contributed by atoms with van der Waals surface area (Å²) in [5.74, 6) is 0. The van der Waals surface area contributed by atoms with Crippen LogP contribution in [-0.2, 0) is 9.84 Å². The van der Waals surface area contributed by atoms with Gasteiger partial charge in [-0.2, -0.15) is 0 Å². The molecule has 0 aliphatic carbocycles. The average molecular weight is 394 g/mol. The van der Waals surface area contributed by atoms with Crippen molar-refractivity contribution >= 4 is 49.0 Å². The molecular weight excluding hydrogens is 383 g/mol. The number of hydrogen-bond donors (Lipinski definition) is 0. The van der Waals surface area contributed by atoms with E-state index < -0.39 is 9.84 Å². The van der Waals surface area contributed by atoms with Crippen LogP contribution in [0.3, 0.4) is 0 Å². The molecule has 0 aliphatic rings. The van der Waals surface area contributed by atoms with E-state index in [1.165, 1.54) is 6.26 Å². The van der Waals surface area contributed by atoms with Crippen molar-refractivity contribution in [3.8, 4) is 0 Å². The van der Waals surface area contributed by atoms with Gasteiger partial charge in [0.05, 0.1) is 9.72 Å². The predicted octanol–water partition coefficient (Wildman–Crippen LogP) is 4.88. The van der Waals surface area contributed by atoms with Crippen LogP contribution >= 0.6 is 39.1 Å². The van der Waals surface area contributed by atoms with Gasteiger partial charge in [0.2, 0.25) is 0 Å². The van der Waals surface area contributed by atoms with Crippen LogP contribution in [0.25, 0.3) is 0 Å². The van der Waals surface area contributed by atoms with Crippen molar-refractivity contribution in [3.05, 3.63) is 63.6 Å². The van der Waals surface area contributed by atoms with Crippen LogP contribution in [0, 0.1) is 0 Å². The Morgan fingerprint density at radius 3 is 2.40 bits per heavy atom. The van der Waals surface area contributed by atoms with Gasteiger partial charge in [0.1, 0.15) is 0 Å². The minimum absolute atomic E-state index is 0.200. The van der Waals surface area contributed by atoms with E-state index in [4.69, 9.17) is 23.2 Å². The van der Waals surface area contributed by atoms with Gasteiger partial charge in [-0.25, -0.2) is 8.42 Å². The summed E-state index contributed by atoms with van der Waals surface area (Å²) in [6.45, 7) is 0. The van der Waals surface area contributed by atoms with Crippen molar-refractivity contribution in [2.75, 3.05) is 6.26 Å². The Hall–Kier alpha value is -0.550. The van der Waals surface area contributed by atoms with E-state index in [9.17, 15) is 8.42 Å². The second kappa shape index (κ2) is 6.06. The quantitative estimate of drug-likeness (QED) is 0.696. The molecule has 2 aromatic rings. The maximum absolute atomic E-state index is 11.6. The molecular formula is C14H11BrCl2O2S. The summed E-state index contributed by atoms with van der Waals surface area (Å²) in [7, 11) is -3.23. The Kier molecular flexibility index (Phi) is 4.80. The molecule has 0 saturated carbocycles. The SMILES string of the molecule is CS(=O)(=O)c1cccc(C(Br)c2ccc(Cl)cc2Cl)c1. The van der Waals surface area contributed by atoms with Crippen LogP contribution in [-0.4, -0.2) is 14.7 Å². The third-order valence-electron chi connectivity index (χ3n) is 2.81. The Morgan fingerprint density at radius 1 is 1.10 bits per heavy atom. The Labute approximate surface area is 136 Å². The number of rotatable bonds is 3. The second-order valence-electron chi connectivity index (χ2n) is 4.37. The Morgan fingerprint density at radius 2 is 1.80 bits per heavy atom. The maximum Gasteiger partial charge on any atom is 0.175 e. The van der Waals surface area contributed by atoms with Crippen molar-refractivity contribution in [1.29, 1.82) is 0 Å². The van der Waals surface area contributed by atoms with E-state index in [0.717, 1.165) is 11.1 Å². The van der Waals surface area contributed by atoms with Crippen LogP contribution in [0.2, 0.25) is 10.0 Å². The molecule has 106 valence electrons. The highest BCUT2D eigenvalue weighted by Crippen LogP contribution is 2.36. The zero-order valence-corrected chi connectivity index (χ0v) is 14.4. The van der Waals surface area contributed by atoms with Gasteiger partial charge in [-0.1, -0.05) is 57.3 Å². The molecule has 0 amide bonds. The fourth-order valence-electron chi connectivity index (χ4n) is 1.79. The fourth-order valence-corrected chi connectivity index (χ4v) is 3.80. The molecule has 2 rings (SSSR count). The molecule has 0 radical (unpaired) electrons. The summed E-state index contributed by atoms with van der Waals surface area (Å²) in [5, 5.41) is 1.09. The first-order valence-electron chi connectivity index (χ1n) is 5.68. The van der Waals surface area contributed by atoms with Gasteiger partial charge >= 0.3 is 0 Å². The van der Waals surface area contributed by atoms with Gasteiger partial charge < -0.3 is 0 Å². The first-order valence-corrected chi connectivity index (χ1v) is 9.24. The first kappa shape index (κ1) is 15.8. The third-order valence-corrected chi connectivity index (χ3v) is 5.51. The summed E-state index contributed by atoms with van der Waals surface area (Å²) in [6.07, 6.45) is 1.19. The molecule has 0 fully saturated rings. The molecule has 0 aromatic heterocycles. The molecule has 0 aliphatic heterocycles. The van der Waals surface area contributed by atoms with E-state index in [0.29, 0.717) is 10.0 Å². The van der Waals surface area contributed by atoms with Crippen molar-refractivity contribution in [2.45, 2.75) is 9.72 Å². The number of sulfone groups is 1. The molecule has 1 atom stereocenters. The zero-order chi connectivity index (χ0) is 14.9. The minimum atomic E-state index is -3.23. The van der Waals surface area contributed by atoms with Crippen molar-refractivity contribution in [3.63, 3.8) is 0 Å². The standard InChI is InChI=1S/C14H11BrCl2O2S/c1-20(18,19)11-4-2-3-9(7-11)14(15)12-6-5-10(16)8-13(12)17/h2-8,14H,1H3. The summed E-state index contributed by atoms with van der Waals surface area (Å²) in [5.41, 5.74) is 1.65. The topological polar surface area (TPSA) is 34.1 Å². The van der Waals surface area contributed by atoms with E-state index in [1.54, 1.807) is 30.3 Å². The highest BCUT2D eigenvalue weighted by atomic mass is 79.9. The van der Waals surface area contributed by atoms with Gasteiger partial charge in [0.15, 0.2) is 9.84 Å². The van der Waals surface area contributed by atoms with Gasteiger partial charge in [0.25, 0.3) is 0 Å². The normalized spacial score (nSPS) is 13.2. The lowest BCUT2D eigenvalue weighted by Crippen LogP contribution is -2.00. The first-order chi connectivity index (χ1) is 9.29. The van der Waals surface area contributed by atoms with Crippen LogP contribution in [0.5, 0.6) is 0 Å². The number of alkyl halides is 1. The summed E-state index contributed by atoms with van der Waals surface area (Å²) in [4.78, 5) is 0.0819. The molecule has 0 spiro atoms. The molecule has 20 heavy (non-hydrogen) atoms. The molecule has 0 bridgehead atoms. The lowest BCUT2D eigenvalue weighted by molar-refractivity contribution is 0.602. The van der Waals surface area contributed by atoms with Crippen LogP contribution in [0.4, 0.5) is 0 Å². The lowest BCUT2D eigenvalue weighted by atomic mass is 10.0. The van der Waals surface area contributed by atoms with E-state index in [-0.39, 0.29) is 9.72 Å². The Bertz CT molecular complexity index is 745. The zero-order valence-electron chi connectivity index (χ0n) is 10.5. The van der Waals surface area contributed by atoms with Gasteiger partial charge in [0, 0.05) is 16.3 Å². The lowest BCUT2D eigenvalue weighted by Gasteiger charge is -2.13. The van der Waals surface area contributed by atoms with Gasteiger partial charge in [-0.3, -0.25) is 0 Å². The van der Waals surface area contributed by atoms with Crippen molar-refractivity contribution in [1.82, 2.24) is 0 Å². The van der Waals surface area contributed by atoms with Crippen molar-refractivity contribution in [2.24, 2.45) is 0 Å². The number of hydrogen-bond acceptors (Lipinski definition) is 2. The summed E-state index contributed by atoms with van der Waals surface area (Å²) >= 11 is 15.6. The monoisotopic (exact) mass is 392 g/mol. The Balaban J connectivity index is 2.46. The maximum atomic E-state index is 11.6. The smallest absolute Gasteiger partial charge is 0.175 e. The number of halogens is 3. The average Bonchev–Trinajstić information content (AvgIpc) is 2.37. The predicted molar refractivity (Wildman–Crippen MR) is 86.8 cm³/mol. The highest BCUT2D eigenvalue weighted by molar-refractivity contribution is 9.09. The molecule has 0 saturated heterocycles. The van der Waals surface area contributed by atoms with Crippen LogP contribution in [0.1, 0.15) is 16.0 Å². The summed E-state index contributed by atoms with van der Waals surface area (Å²) < 4.78 is 23.2. The highest BCUT2D eigenvalue weighted by Gasteiger charge is 2.16. The van der Waals surface area contributed by atoms with E-state index in [1.807, 2.05) is 12.1 Å². The molecule has 2 nitrogen and oxygen atoms in total. The van der Waals surface area contributed by atoms with Crippen LogP contribution in [0.15, 0.2) is 47.4 Å². The van der Waals surface area contributed by atoms with Crippen LogP contribution < -0.4 is 0 Å². The molecule has 0 N–H and O–H groups in total. The molecule has 0 heterocycles. The number of benzene rings is 2. The molecule has 1 unspecified atom stereocenters. The fraction of sp³-hybridized carbons (Fsp3) is 0.143.